The SMILES string of the molecule is COC(=O)[C-]=C(C(=O)OC)/C(C(=O)OC)=C(C(=O)OC)/C(C(=O)OC)=C(\C(=O)OC)C(=[C-]C(=O)OC)C(=O)OC.[Mo].[Mo].c1cc[cH-]c1.c1cc[cH-]c1. The van der Waals surface area contributed by atoms with Gasteiger partial charge in [-0.3, -0.25) is 19.2 Å². The van der Waals surface area contributed by atoms with Gasteiger partial charge in [0.1, 0.15) is 0 Å². The van der Waals surface area contributed by atoms with Gasteiger partial charge in [0.05, 0.1) is 56.9 Å². The van der Waals surface area contributed by atoms with E-state index in [9.17, 15) is 38.4 Å². The normalized spacial score (nSPS) is 11.1. The van der Waals surface area contributed by atoms with Crippen LogP contribution in [0, 0.1) is 12.2 Å². The molecule has 0 aliphatic rings. The van der Waals surface area contributed by atoms with Crippen molar-refractivity contribution in [3.05, 3.63) is 106 Å². The number of ether oxygens (including phenoxy) is 8. The maximum Gasteiger partial charge on any atom is 0.326 e. The van der Waals surface area contributed by atoms with Crippen LogP contribution in [0.15, 0.2) is 94.1 Å². The first kappa shape index (κ1) is 51.2. The van der Waals surface area contributed by atoms with Crippen LogP contribution >= 0.6 is 0 Å². The topological polar surface area (TPSA) is 210 Å². The quantitative estimate of drug-likeness (QED) is 0.0776. The van der Waals surface area contributed by atoms with Crippen molar-refractivity contribution in [1.82, 2.24) is 0 Å². The predicted molar refractivity (Wildman–Crippen MR) is 168 cm³/mol. The van der Waals surface area contributed by atoms with Crippen molar-refractivity contribution < 1.29 is 118 Å². The van der Waals surface area contributed by atoms with Crippen molar-refractivity contribution in [3.63, 3.8) is 0 Å². The predicted octanol–water partition coefficient (Wildman–Crippen LogP) is 1.23. The van der Waals surface area contributed by atoms with Gasteiger partial charge in [-0.25, -0.2) is 33.9 Å². The van der Waals surface area contributed by atoms with E-state index < -0.39 is 81.2 Å². The second-order valence-corrected chi connectivity index (χ2v) is 8.36. The van der Waals surface area contributed by atoms with Gasteiger partial charge in [-0.05, 0) is 11.1 Å². The van der Waals surface area contributed by atoms with Crippen molar-refractivity contribution in [2.45, 2.75) is 0 Å². The van der Waals surface area contributed by atoms with Crippen molar-refractivity contribution >= 4 is 47.8 Å². The van der Waals surface area contributed by atoms with Crippen molar-refractivity contribution in [1.29, 1.82) is 0 Å². The largest absolute Gasteiger partial charge is 0.523 e. The number of rotatable bonds is 11. The van der Waals surface area contributed by atoms with E-state index in [2.05, 4.69) is 37.9 Å². The Morgan fingerprint density at radius 2 is 0.596 bits per heavy atom. The summed E-state index contributed by atoms with van der Waals surface area (Å²) < 4.78 is 36.4. The van der Waals surface area contributed by atoms with Crippen LogP contribution in [0.2, 0.25) is 0 Å². The fraction of sp³-hybridized carbons (Fsp3) is 0.235. The summed E-state index contributed by atoms with van der Waals surface area (Å²) in [6.07, 6.45) is 3.65. The first-order valence-corrected chi connectivity index (χ1v) is 13.6. The van der Waals surface area contributed by atoms with Gasteiger partial charge in [0.15, 0.2) is 0 Å². The zero-order valence-corrected chi connectivity index (χ0v) is 33.1. The first-order valence-electron chi connectivity index (χ1n) is 13.6. The molecule has 0 fully saturated rings. The average Bonchev–Trinajstić information content (AvgIpc) is 3.93. The van der Waals surface area contributed by atoms with Crippen molar-refractivity contribution in [3.8, 4) is 0 Å². The maximum absolute atomic E-state index is 13.1. The summed E-state index contributed by atoms with van der Waals surface area (Å²) in [4.78, 5) is 101. The molecule has 0 aliphatic carbocycles. The summed E-state index contributed by atoms with van der Waals surface area (Å²) in [5, 5.41) is 0. The Kier molecular flexibility index (Phi) is 28.0. The van der Waals surface area contributed by atoms with Crippen LogP contribution in [-0.2, 0) is 118 Å². The number of carbonyl (C=O) groups excluding carboxylic acids is 8. The summed E-state index contributed by atoms with van der Waals surface area (Å²) >= 11 is 0. The molecule has 2 aromatic carbocycles. The molecular weight excluding hydrogens is 856 g/mol. The third kappa shape index (κ3) is 16.2. The van der Waals surface area contributed by atoms with Gasteiger partial charge >= 0.3 is 11.9 Å². The van der Waals surface area contributed by atoms with E-state index in [0.29, 0.717) is 0 Å². The molecule has 0 aromatic heterocycles. The number of methoxy groups -OCH3 is 8. The number of carbonyl (C=O) groups is 8. The van der Waals surface area contributed by atoms with Gasteiger partial charge < -0.3 is 47.5 Å². The summed E-state index contributed by atoms with van der Waals surface area (Å²) in [5.74, 6) is -12.2. The van der Waals surface area contributed by atoms with E-state index in [-0.39, 0.29) is 42.1 Å². The molecule has 0 saturated carbocycles. The molecule has 0 unspecified atom stereocenters. The van der Waals surface area contributed by atoms with Crippen molar-refractivity contribution in [2.24, 2.45) is 0 Å². The van der Waals surface area contributed by atoms with Gasteiger partial charge in [-0.15, -0.1) is 0 Å². The van der Waals surface area contributed by atoms with Gasteiger partial charge in [0.25, 0.3) is 23.9 Å². The van der Waals surface area contributed by atoms with E-state index >= 15 is 0 Å². The zero-order valence-electron chi connectivity index (χ0n) is 29.1. The summed E-state index contributed by atoms with van der Waals surface area (Å²) in [7, 11) is 6.44. The van der Waals surface area contributed by atoms with Gasteiger partial charge in [0, 0.05) is 53.3 Å². The minimum Gasteiger partial charge on any atom is -0.523 e. The van der Waals surface area contributed by atoms with Crippen LogP contribution in [-0.4, -0.2) is 105 Å². The molecule has 0 spiro atoms. The molecule has 0 radical (unpaired) electrons. The minimum atomic E-state index is -1.64. The number of esters is 8. The maximum atomic E-state index is 13.1. The fourth-order valence-corrected chi connectivity index (χ4v) is 3.31. The monoisotopic (exact) mass is 894 g/mol. The van der Waals surface area contributed by atoms with Crippen LogP contribution in [0.25, 0.3) is 0 Å². The third-order valence-corrected chi connectivity index (χ3v) is 5.52. The molecule has 2 rings (SSSR count). The third-order valence-electron chi connectivity index (χ3n) is 5.52. The van der Waals surface area contributed by atoms with E-state index in [1.807, 2.05) is 72.8 Å². The summed E-state index contributed by atoms with van der Waals surface area (Å²) in [5.41, 5.74) is -7.45. The molecule has 0 bridgehead atoms. The van der Waals surface area contributed by atoms with Gasteiger partial charge in [0.2, 0.25) is 11.9 Å². The standard InChI is InChI=1S/C24H24O16.2C5H5.2Mo/c1-33-13(25)9-11(19(27)35-3)15(21(29)37-5)17(23(31)39-7)18(24(32)40-8)16(22(30)38-6)12(20(28)36-4)10-14(26)34-2;2*1-2-4-5-3-1;;/h1-8H3;2*1-5H;;/q-2;2*-1;;/b17-15+,18-16+;;;;. The Bertz CT molecular complexity index is 1460. The molecule has 0 saturated heterocycles. The first-order chi connectivity index (χ1) is 23.8. The van der Waals surface area contributed by atoms with Crippen LogP contribution < -0.4 is 0 Å². The Hall–Kier alpha value is -5.20. The Labute approximate surface area is 327 Å². The van der Waals surface area contributed by atoms with Gasteiger partial charge in [-0.1, -0.05) is 23.3 Å². The minimum absolute atomic E-state index is 0. The zero-order chi connectivity index (χ0) is 38.2. The van der Waals surface area contributed by atoms with Crippen LogP contribution in [0.5, 0.6) is 0 Å². The van der Waals surface area contributed by atoms with E-state index in [4.69, 9.17) is 0 Å². The fourth-order valence-electron chi connectivity index (χ4n) is 3.31. The summed E-state index contributed by atoms with van der Waals surface area (Å²) in [6.45, 7) is 0. The molecule has 52 heavy (non-hydrogen) atoms. The van der Waals surface area contributed by atoms with Crippen LogP contribution in [0.3, 0.4) is 0 Å². The molecule has 2 aromatic rings. The summed E-state index contributed by atoms with van der Waals surface area (Å²) in [6, 6.07) is 20.0. The molecule has 0 atom stereocenters. The molecule has 0 N–H and O–H groups in total. The van der Waals surface area contributed by atoms with Crippen LogP contribution in [0.1, 0.15) is 0 Å². The Morgan fingerprint density at radius 1 is 0.365 bits per heavy atom. The molecule has 282 valence electrons. The van der Waals surface area contributed by atoms with E-state index in [1.165, 1.54) is 0 Å². The number of hydrogen-bond donors (Lipinski definition) is 0. The van der Waals surface area contributed by atoms with Crippen LogP contribution in [0.4, 0.5) is 0 Å². The average molecular weight is 891 g/mol. The second kappa shape index (κ2) is 28.5. The molecule has 18 heteroatoms. The Morgan fingerprint density at radius 3 is 0.769 bits per heavy atom. The van der Waals surface area contributed by atoms with Gasteiger partial charge in [-0.2, -0.15) is 36.4 Å². The molecular formula is C34H34Mo2O16-4. The van der Waals surface area contributed by atoms with E-state index in [1.54, 1.807) is 0 Å². The van der Waals surface area contributed by atoms with E-state index in [0.717, 1.165) is 56.9 Å². The molecule has 0 aliphatic heterocycles. The number of hydrogen-bond acceptors (Lipinski definition) is 16. The second-order valence-electron chi connectivity index (χ2n) is 8.36. The van der Waals surface area contributed by atoms with Crippen molar-refractivity contribution in [2.75, 3.05) is 56.9 Å². The Balaban J connectivity index is -0.00000170. The smallest absolute Gasteiger partial charge is 0.326 e. The molecule has 0 amide bonds. The molecule has 16 nitrogen and oxygen atoms in total. The molecule has 0 heterocycles.